The van der Waals surface area contributed by atoms with Gasteiger partial charge >= 0.3 is 0 Å². The van der Waals surface area contributed by atoms with E-state index in [9.17, 15) is 9.18 Å². The molecule has 0 aromatic heterocycles. The molecule has 2 fully saturated rings. The number of amides is 1. The van der Waals surface area contributed by atoms with Crippen LogP contribution in [-0.4, -0.2) is 29.0 Å². The molecule has 1 saturated carbocycles. The largest absolute Gasteiger partial charge is 0.490 e. The van der Waals surface area contributed by atoms with Gasteiger partial charge in [0.2, 0.25) is 0 Å². The van der Waals surface area contributed by atoms with E-state index in [2.05, 4.69) is 17.1 Å². The molecule has 5 nitrogen and oxygen atoms in total. The fourth-order valence-electron chi connectivity index (χ4n) is 5.31. The molecule has 39 heavy (non-hydrogen) atoms. The second kappa shape index (κ2) is 12.6. The Bertz CT molecular complexity index is 1320. The molecule has 3 aromatic carbocycles. The quantitative estimate of drug-likeness (QED) is 0.279. The highest BCUT2D eigenvalue weighted by atomic mass is 32.2. The summed E-state index contributed by atoms with van der Waals surface area (Å²) in [6.07, 6.45) is 6.49. The first-order chi connectivity index (χ1) is 19.0. The lowest BCUT2D eigenvalue weighted by atomic mass is 9.85. The average molecular weight is 547 g/mol. The first-order valence-electron chi connectivity index (χ1n) is 13.7. The molecule has 0 spiro atoms. The molecule has 3 aromatic rings. The van der Waals surface area contributed by atoms with Gasteiger partial charge < -0.3 is 19.7 Å². The Morgan fingerprint density at radius 2 is 1.82 bits per heavy atom. The van der Waals surface area contributed by atoms with Crippen LogP contribution >= 0.6 is 11.8 Å². The zero-order valence-corrected chi connectivity index (χ0v) is 23.3. The SMILES string of the molecule is CCOc1cc(/C=C2\SC(Nc3ccccc3)N([C@H]3CCCC[C@@H]3C)C2=O)ccc1OCc1cccc(F)c1. The molecule has 3 atom stereocenters. The monoisotopic (exact) mass is 546 g/mol. The normalized spacial score (nSPS) is 22.2. The Balaban J connectivity index is 1.39. The number of halogens is 1. The third-order valence-electron chi connectivity index (χ3n) is 7.27. The van der Waals surface area contributed by atoms with Gasteiger partial charge in [-0.2, -0.15) is 0 Å². The van der Waals surface area contributed by atoms with Gasteiger partial charge in [-0.15, -0.1) is 0 Å². The highest BCUT2D eigenvalue weighted by Crippen LogP contribution is 2.42. The summed E-state index contributed by atoms with van der Waals surface area (Å²) in [6, 6.07) is 22.3. The molecule has 7 heteroatoms. The lowest BCUT2D eigenvalue weighted by Crippen LogP contribution is -2.48. The van der Waals surface area contributed by atoms with Crippen LogP contribution in [-0.2, 0) is 11.4 Å². The van der Waals surface area contributed by atoms with Gasteiger partial charge in [-0.3, -0.25) is 4.79 Å². The van der Waals surface area contributed by atoms with Crippen LogP contribution in [0.5, 0.6) is 11.5 Å². The van der Waals surface area contributed by atoms with E-state index in [1.165, 1.54) is 18.6 Å². The number of hydrogen-bond acceptors (Lipinski definition) is 5. The van der Waals surface area contributed by atoms with Crippen molar-refractivity contribution in [2.75, 3.05) is 11.9 Å². The van der Waals surface area contributed by atoms with Crippen LogP contribution in [0.2, 0.25) is 0 Å². The number of thioether (sulfide) groups is 1. The lowest BCUT2D eigenvalue weighted by molar-refractivity contribution is -0.129. The number of nitrogens with zero attached hydrogens (tertiary/aromatic N) is 1. The minimum absolute atomic E-state index is 0.0663. The summed E-state index contributed by atoms with van der Waals surface area (Å²) >= 11 is 1.56. The Morgan fingerprint density at radius 3 is 2.59 bits per heavy atom. The molecule has 2 aliphatic rings. The van der Waals surface area contributed by atoms with Gasteiger partial charge in [-0.1, -0.05) is 67.9 Å². The zero-order chi connectivity index (χ0) is 27.2. The van der Waals surface area contributed by atoms with Gasteiger partial charge in [-0.25, -0.2) is 4.39 Å². The number of nitrogens with one attached hydrogen (secondary N) is 1. The first-order valence-corrected chi connectivity index (χ1v) is 14.6. The fourth-order valence-corrected chi connectivity index (χ4v) is 6.52. The van der Waals surface area contributed by atoms with E-state index in [0.29, 0.717) is 28.9 Å². The van der Waals surface area contributed by atoms with Crippen molar-refractivity contribution in [3.8, 4) is 11.5 Å². The third kappa shape index (κ3) is 6.59. The van der Waals surface area contributed by atoms with E-state index in [-0.39, 0.29) is 29.9 Å². The van der Waals surface area contributed by atoms with Gasteiger partial charge in [0, 0.05) is 11.7 Å². The second-order valence-corrected chi connectivity index (χ2v) is 11.2. The molecule has 0 radical (unpaired) electrons. The zero-order valence-electron chi connectivity index (χ0n) is 22.4. The Morgan fingerprint density at radius 1 is 1.00 bits per heavy atom. The summed E-state index contributed by atoms with van der Waals surface area (Å²) in [6.45, 7) is 4.88. The van der Waals surface area contributed by atoms with Crippen molar-refractivity contribution in [3.05, 3.63) is 94.6 Å². The van der Waals surface area contributed by atoms with Crippen molar-refractivity contribution >= 4 is 29.4 Å². The van der Waals surface area contributed by atoms with E-state index in [0.717, 1.165) is 36.1 Å². The minimum atomic E-state index is -0.293. The van der Waals surface area contributed by atoms with Gasteiger partial charge in [0.1, 0.15) is 12.4 Å². The predicted octanol–water partition coefficient (Wildman–Crippen LogP) is 7.69. The summed E-state index contributed by atoms with van der Waals surface area (Å²) in [7, 11) is 0. The average Bonchev–Trinajstić information content (AvgIpc) is 3.23. The highest BCUT2D eigenvalue weighted by Gasteiger charge is 2.42. The van der Waals surface area contributed by atoms with E-state index in [1.54, 1.807) is 17.8 Å². The van der Waals surface area contributed by atoms with E-state index >= 15 is 0 Å². The van der Waals surface area contributed by atoms with Crippen LogP contribution in [0.4, 0.5) is 10.1 Å². The highest BCUT2D eigenvalue weighted by molar-refractivity contribution is 8.05. The second-order valence-electron chi connectivity index (χ2n) is 10.1. The van der Waals surface area contributed by atoms with Crippen LogP contribution in [0.15, 0.2) is 77.7 Å². The standard InChI is InChI=1S/C32H35FN2O3S/c1-3-37-29-19-23(16-17-28(29)38-21-24-11-9-12-25(33)18-24)20-30-31(36)35(27-15-8-7-10-22(27)2)32(39-30)34-26-13-5-4-6-14-26/h4-6,9,11-14,16-20,22,27,32,34H,3,7-8,10,15,21H2,1-2H3/b30-20-/t22-,27-,32?/m0/s1. The molecule has 1 amide bonds. The molecular formula is C32H35FN2O3S. The number of para-hydroxylation sites is 1. The summed E-state index contributed by atoms with van der Waals surface area (Å²) in [4.78, 5) is 16.6. The van der Waals surface area contributed by atoms with Crippen molar-refractivity contribution in [1.29, 1.82) is 0 Å². The van der Waals surface area contributed by atoms with Crippen LogP contribution < -0.4 is 14.8 Å². The van der Waals surface area contributed by atoms with Crippen molar-refractivity contribution in [1.82, 2.24) is 4.90 Å². The number of benzene rings is 3. The summed E-state index contributed by atoms with van der Waals surface area (Å²) in [5.74, 6) is 1.40. The maximum atomic E-state index is 13.8. The van der Waals surface area contributed by atoms with E-state index in [1.807, 2.05) is 67.6 Å². The number of carbonyl (C=O) groups is 1. The number of anilines is 1. The van der Waals surface area contributed by atoms with Crippen molar-refractivity contribution in [2.24, 2.45) is 5.92 Å². The lowest BCUT2D eigenvalue weighted by Gasteiger charge is -2.39. The van der Waals surface area contributed by atoms with Crippen LogP contribution in [0.3, 0.4) is 0 Å². The van der Waals surface area contributed by atoms with Crippen molar-refractivity contribution in [3.63, 3.8) is 0 Å². The Kier molecular flexibility index (Phi) is 8.77. The molecule has 1 unspecified atom stereocenters. The molecular weight excluding hydrogens is 511 g/mol. The third-order valence-corrected chi connectivity index (χ3v) is 8.39. The van der Waals surface area contributed by atoms with Gasteiger partial charge in [0.05, 0.1) is 11.5 Å². The molecule has 1 heterocycles. The molecule has 204 valence electrons. The van der Waals surface area contributed by atoms with Gasteiger partial charge in [-0.05, 0) is 79.3 Å². The molecule has 0 bridgehead atoms. The number of carbonyl (C=O) groups excluding carboxylic acids is 1. The van der Waals surface area contributed by atoms with E-state index < -0.39 is 0 Å². The number of ether oxygens (including phenoxy) is 2. The van der Waals surface area contributed by atoms with Crippen molar-refractivity contribution < 1.29 is 18.7 Å². The van der Waals surface area contributed by atoms with E-state index in [4.69, 9.17) is 9.47 Å². The molecule has 1 aliphatic carbocycles. The van der Waals surface area contributed by atoms with Crippen LogP contribution in [0, 0.1) is 11.7 Å². The van der Waals surface area contributed by atoms with Gasteiger partial charge in [0.25, 0.3) is 5.91 Å². The fraction of sp³-hybridized carbons (Fsp3) is 0.344. The summed E-state index contributed by atoms with van der Waals surface area (Å²) in [5.41, 5.74) is 2.43. The minimum Gasteiger partial charge on any atom is -0.490 e. The maximum Gasteiger partial charge on any atom is 0.262 e. The molecule has 5 rings (SSSR count). The molecule has 1 saturated heterocycles. The Hall–Kier alpha value is -3.45. The number of rotatable bonds is 9. The van der Waals surface area contributed by atoms with Crippen molar-refractivity contribution in [2.45, 2.75) is 57.7 Å². The van der Waals surface area contributed by atoms with Crippen LogP contribution in [0.1, 0.15) is 50.7 Å². The summed E-state index contributed by atoms with van der Waals surface area (Å²) in [5, 5.41) is 3.59. The number of hydrogen-bond donors (Lipinski definition) is 1. The molecule has 1 aliphatic heterocycles. The topological polar surface area (TPSA) is 50.8 Å². The Labute approximate surface area is 234 Å². The smallest absolute Gasteiger partial charge is 0.262 e. The molecule has 1 N–H and O–H groups in total. The summed E-state index contributed by atoms with van der Waals surface area (Å²) < 4.78 is 25.4. The predicted molar refractivity (Wildman–Crippen MR) is 156 cm³/mol. The maximum absolute atomic E-state index is 13.8. The van der Waals surface area contributed by atoms with Crippen LogP contribution in [0.25, 0.3) is 6.08 Å². The first kappa shape index (κ1) is 27.1. The van der Waals surface area contributed by atoms with Gasteiger partial charge in [0.15, 0.2) is 17.0 Å².